The van der Waals surface area contributed by atoms with Gasteiger partial charge in [0.2, 0.25) is 5.91 Å². The number of hydrogen-bond acceptors (Lipinski definition) is 3. The van der Waals surface area contributed by atoms with Crippen molar-refractivity contribution in [1.29, 1.82) is 0 Å². The minimum absolute atomic E-state index is 0.0162. The average Bonchev–Trinajstić information content (AvgIpc) is 2.74. The van der Waals surface area contributed by atoms with E-state index in [1.165, 1.54) is 0 Å². The van der Waals surface area contributed by atoms with Gasteiger partial charge in [-0.1, -0.05) is 34.5 Å². The number of amides is 1. The van der Waals surface area contributed by atoms with Crippen LogP contribution in [-0.4, -0.2) is 36.8 Å². The summed E-state index contributed by atoms with van der Waals surface area (Å²) in [6, 6.07) is 15.5. The smallest absolute Gasteiger partial charge is 0.233 e. The molecule has 5 heteroatoms. The number of rotatable bonds is 5. The Labute approximate surface area is 180 Å². The molecule has 1 aliphatic carbocycles. The normalized spacial score (nSPS) is 18.8. The van der Waals surface area contributed by atoms with Crippen molar-refractivity contribution in [2.45, 2.75) is 37.5 Å². The number of hydrogen-bond donors (Lipinski definition) is 0. The number of carbonyl (C=O) groups excluding carboxylic acids is 2. The maximum absolute atomic E-state index is 13.4. The van der Waals surface area contributed by atoms with Gasteiger partial charge >= 0.3 is 0 Å². The Kier molecular flexibility index (Phi) is 5.77. The van der Waals surface area contributed by atoms with Gasteiger partial charge in [0.25, 0.3) is 0 Å². The standard InChI is InChI=1S/C24H26BrNO3/c1-29-21-9-3-17(4-10-21)22(27)18-11-15-26(16-12-18)23(28)24(13-2-14-24)19-5-7-20(25)8-6-19/h3-10,18H,2,11-16H2,1H3. The van der Waals surface area contributed by atoms with Crippen LogP contribution in [0.4, 0.5) is 0 Å². The van der Waals surface area contributed by atoms with E-state index in [2.05, 4.69) is 28.1 Å². The predicted octanol–water partition coefficient (Wildman–Crippen LogP) is 5.00. The van der Waals surface area contributed by atoms with E-state index in [0.29, 0.717) is 13.1 Å². The first-order valence-corrected chi connectivity index (χ1v) is 11.1. The minimum atomic E-state index is -0.368. The Morgan fingerprint density at radius 1 is 1.00 bits per heavy atom. The fraction of sp³-hybridized carbons (Fsp3) is 0.417. The lowest BCUT2D eigenvalue weighted by Crippen LogP contribution is -2.53. The van der Waals surface area contributed by atoms with E-state index in [1.807, 2.05) is 41.3 Å². The van der Waals surface area contributed by atoms with E-state index in [1.54, 1.807) is 7.11 Å². The van der Waals surface area contributed by atoms with Gasteiger partial charge < -0.3 is 9.64 Å². The zero-order chi connectivity index (χ0) is 20.4. The molecule has 1 amide bonds. The second-order valence-corrected chi connectivity index (χ2v) is 9.02. The molecule has 0 atom stereocenters. The number of Topliss-reactive ketones (excluding diaryl/α,β-unsaturated/α-hetero) is 1. The zero-order valence-electron chi connectivity index (χ0n) is 16.7. The summed E-state index contributed by atoms with van der Waals surface area (Å²) in [5, 5.41) is 0. The van der Waals surface area contributed by atoms with E-state index >= 15 is 0 Å². The molecule has 0 aromatic heterocycles. The summed E-state index contributed by atoms with van der Waals surface area (Å²) in [6.07, 6.45) is 4.38. The molecule has 29 heavy (non-hydrogen) atoms. The van der Waals surface area contributed by atoms with Crippen LogP contribution >= 0.6 is 15.9 Å². The first-order chi connectivity index (χ1) is 14.0. The van der Waals surface area contributed by atoms with Gasteiger partial charge in [-0.05, 0) is 67.6 Å². The van der Waals surface area contributed by atoms with Crippen LogP contribution in [0.25, 0.3) is 0 Å². The van der Waals surface area contributed by atoms with Gasteiger partial charge in [-0.3, -0.25) is 9.59 Å². The van der Waals surface area contributed by atoms with Gasteiger partial charge in [0.15, 0.2) is 5.78 Å². The fourth-order valence-electron chi connectivity index (χ4n) is 4.56. The second-order valence-electron chi connectivity index (χ2n) is 8.10. The third kappa shape index (κ3) is 3.85. The molecule has 1 heterocycles. The third-order valence-corrected chi connectivity index (χ3v) is 7.07. The van der Waals surface area contributed by atoms with Gasteiger partial charge in [0, 0.05) is 29.0 Å². The molecule has 1 saturated heterocycles. The number of piperidine rings is 1. The molecule has 2 fully saturated rings. The summed E-state index contributed by atoms with van der Waals surface area (Å²) < 4.78 is 6.20. The number of carbonyl (C=O) groups is 2. The van der Waals surface area contributed by atoms with Crippen molar-refractivity contribution >= 4 is 27.6 Å². The SMILES string of the molecule is COc1ccc(C(=O)C2CCN(C(=O)C3(c4ccc(Br)cc4)CCC3)CC2)cc1. The van der Waals surface area contributed by atoms with Crippen LogP contribution in [0.3, 0.4) is 0 Å². The van der Waals surface area contributed by atoms with Crippen LogP contribution in [0.2, 0.25) is 0 Å². The van der Waals surface area contributed by atoms with Crippen molar-refractivity contribution in [3.05, 3.63) is 64.1 Å². The Bertz CT molecular complexity index is 879. The molecule has 2 aromatic carbocycles. The Balaban J connectivity index is 1.41. The van der Waals surface area contributed by atoms with Crippen LogP contribution in [0.5, 0.6) is 5.75 Å². The molecule has 2 aliphatic rings. The van der Waals surface area contributed by atoms with E-state index in [9.17, 15) is 9.59 Å². The molecule has 2 aromatic rings. The van der Waals surface area contributed by atoms with E-state index < -0.39 is 0 Å². The van der Waals surface area contributed by atoms with Crippen molar-refractivity contribution in [2.24, 2.45) is 5.92 Å². The van der Waals surface area contributed by atoms with Crippen molar-refractivity contribution in [1.82, 2.24) is 4.90 Å². The summed E-state index contributed by atoms with van der Waals surface area (Å²) in [6.45, 7) is 1.31. The summed E-state index contributed by atoms with van der Waals surface area (Å²) in [5.41, 5.74) is 1.47. The minimum Gasteiger partial charge on any atom is -0.497 e. The lowest BCUT2D eigenvalue weighted by Gasteiger charge is -2.45. The average molecular weight is 456 g/mol. The van der Waals surface area contributed by atoms with Crippen molar-refractivity contribution in [3.63, 3.8) is 0 Å². The second kappa shape index (κ2) is 8.31. The fourth-order valence-corrected chi connectivity index (χ4v) is 4.83. The van der Waals surface area contributed by atoms with Crippen molar-refractivity contribution in [3.8, 4) is 5.75 Å². The molecule has 0 spiro atoms. The highest BCUT2D eigenvalue weighted by Gasteiger charge is 2.48. The van der Waals surface area contributed by atoms with Crippen LogP contribution < -0.4 is 4.74 Å². The number of ether oxygens (including phenoxy) is 1. The molecule has 1 saturated carbocycles. The van der Waals surface area contributed by atoms with Crippen molar-refractivity contribution in [2.75, 3.05) is 20.2 Å². The highest BCUT2D eigenvalue weighted by molar-refractivity contribution is 9.10. The van der Waals surface area contributed by atoms with Crippen LogP contribution in [0.1, 0.15) is 48.0 Å². The molecule has 152 valence electrons. The lowest BCUT2D eigenvalue weighted by atomic mass is 9.63. The first-order valence-electron chi connectivity index (χ1n) is 10.3. The van der Waals surface area contributed by atoms with E-state index in [0.717, 1.165) is 53.5 Å². The molecule has 0 unspecified atom stereocenters. The van der Waals surface area contributed by atoms with Gasteiger partial charge in [-0.25, -0.2) is 0 Å². The summed E-state index contributed by atoms with van der Waals surface area (Å²) in [4.78, 5) is 28.3. The molecule has 0 radical (unpaired) electrons. The Morgan fingerprint density at radius 3 is 2.14 bits per heavy atom. The highest BCUT2D eigenvalue weighted by atomic mass is 79.9. The number of nitrogens with zero attached hydrogens (tertiary/aromatic N) is 1. The predicted molar refractivity (Wildman–Crippen MR) is 116 cm³/mol. The van der Waals surface area contributed by atoms with Gasteiger partial charge in [0.05, 0.1) is 12.5 Å². The Hall–Kier alpha value is -2.14. The summed E-state index contributed by atoms with van der Waals surface area (Å²) >= 11 is 3.48. The third-order valence-electron chi connectivity index (χ3n) is 6.54. The molecular formula is C24H26BrNO3. The Morgan fingerprint density at radius 2 is 1.62 bits per heavy atom. The van der Waals surface area contributed by atoms with Crippen molar-refractivity contribution < 1.29 is 14.3 Å². The number of benzene rings is 2. The van der Waals surface area contributed by atoms with Crippen LogP contribution in [0.15, 0.2) is 53.0 Å². The summed E-state index contributed by atoms with van der Waals surface area (Å²) in [7, 11) is 1.62. The largest absolute Gasteiger partial charge is 0.497 e. The zero-order valence-corrected chi connectivity index (χ0v) is 18.3. The monoisotopic (exact) mass is 455 g/mol. The molecule has 0 N–H and O–H groups in total. The molecule has 0 bridgehead atoms. The molecular weight excluding hydrogens is 430 g/mol. The van der Waals surface area contributed by atoms with E-state index in [-0.39, 0.29) is 23.0 Å². The number of likely N-dealkylation sites (tertiary alicyclic amines) is 1. The molecule has 4 rings (SSSR count). The first kappa shape index (κ1) is 20.1. The maximum Gasteiger partial charge on any atom is 0.233 e. The highest BCUT2D eigenvalue weighted by Crippen LogP contribution is 2.46. The van der Waals surface area contributed by atoms with E-state index in [4.69, 9.17) is 4.74 Å². The topological polar surface area (TPSA) is 46.6 Å². The van der Waals surface area contributed by atoms with Gasteiger partial charge in [-0.15, -0.1) is 0 Å². The number of halogens is 1. The summed E-state index contributed by atoms with van der Waals surface area (Å²) in [5.74, 6) is 1.14. The quantitative estimate of drug-likeness (QED) is 0.595. The molecule has 4 nitrogen and oxygen atoms in total. The number of methoxy groups -OCH3 is 1. The van der Waals surface area contributed by atoms with Gasteiger partial charge in [0.1, 0.15) is 5.75 Å². The lowest BCUT2D eigenvalue weighted by molar-refractivity contribution is -0.142. The van der Waals surface area contributed by atoms with Crippen LogP contribution in [0, 0.1) is 5.92 Å². The number of ketones is 1. The maximum atomic E-state index is 13.4. The van der Waals surface area contributed by atoms with Crippen LogP contribution in [-0.2, 0) is 10.2 Å². The molecule has 1 aliphatic heterocycles. The van der Waals surface area contributed by atoms with Gasteiger partial charge in [-0.2, -0.15) is 0 Å².